The van der Waals surface area contributed by atoms with Crippen molar-refractivity contribution in [2.45, 2.75) is 27.7 Å². The van der Waals surface area contributed by atoms with Gasteiger partial charge in [-0.05, 0) is 12.2 Å². The first-order chi connectivity index (χ1) is 6.67. The molecule has 0 aliphatic heterocycles. The Balaban J connectivity index is 0.000000461. The molecule has 2 rings (SSSR count). The number of H-pyrrole nitrogens is 1. The van der Waals surface area contributed by atoms with Crippen LogP contribution in [-0.2, 0) is 0 Å². The molecule has 2 heteroatoms. The third kappa shape index (κ3) is 2.34. The molecule has 1 aromatic rings. The van der Waals surface area contributed by atoms with Gasteiger partial charge >= 0.3 is 0 Å². The molecule has 1 heterocycles. The van der Waals surface area contributed by atoms with E-state index in [0.717, 1.165) is 10.7 Å². The van der Waals surface area contributed by atoms with Crippen LogP contribution < -0.4 is 10.7 Å². The standard InChI is InChI=1S/C10H12N2.C2H6/c1-10(2)5-3-4-8-9(6-10)12-7-11-8;1-2/h3-7H,1-2H3,(H,11,12);1-2H3. The fourth-order valence-electron chi connectivity index (χ4n) is 1.36. The van der Waals surface area contributed by atoms with Crippen LogP contribution in [0, 0.1) is 5.41 Å². The molecule has 0 bridgehead atoms. The fraction of sp³-hybridized carbons (Fsp3) is 0.417. The monoisotopic (exact) mass is 190 g/mol. The summed E-state index contributed by atoms with van der Waals surface area (Å²) in [5, 5.41) is 2.14. The molecule has 0 aromatic carbocycles. The topological polar surface area (TPSA) is 28.7 Å². The normalized spacial score (nSPS) is 16.6. The van der Waals surface area contributed by atoms with Crippen LogP contribution >= 0.6 is 0 Å². The van der Waals surface area contributed by atoms with Crippen LogP contribution in [0.1, 0.15) is 27.7 Å². The van der Waals surface area contributed by atoms with Crippen LogP contribution in [0.2, 0.25) is 0 Å². The molecule has 1 aromatic heterocycles. The smallest absolute Gasteiger partial charge is 0.0931 e. The molecule has 0 spiro atoms. The molecule has 0 atom stereocenters. The summed E-state index contributed by atoms with van der Waals surface area (Å²) < 4.78 is 0. The molecule has 76 valence electrons. The van der Waals surface area contributed by atoms with Gasteiger partial charge in [0, 0.05) is 5.41 Å². The van der Waals surface area contributed by atoms with Crippen LogP contribution in [0.15, 0.2) is 18.5 Å². The van der Waals surface area contributed by atoms with E-state index in [1.54, 1.807) is 6.33 Å². The first kappa shape index (κ1) is 10.8. The van der Waals surface area contributed by atoms with Crippen molar-refractivity contribution in [1.29, 1.82) is 0 Å². The summed E-state index contributed by atoms with van der Waals surface area (Å²) >= 11 is 0. The van der Waals surface area contributed by atoms with Crippen molar-refractivity contribution in [2.24, 2.45) is 5.41 Å². The average Bonchev–Trinajstić information content (AvgIpc) is 2.50. The van der Waals surface area contributed by atoms with Gasteiger partial charge in [-0.2, -0.15) is 0 Å². The number of hydrogen-bond donors (Lipinski definition) is 1. The Morgan fingerprint density at radius 3 is 2.71 bits per heavy atom. The van der Waals surface area contributed by atoms with Crippen molar-refractivity contribution < 1.29 is 0 Å². The molecule has 0 fully saturated rings. The Hall–Kier alpha value is -1.31. The van der Waals surface area contributed by atoms with Gasteiger partial charge in [0.05, 0.1) is 17.0 Å². The third-order valence-corrected chi connectivity index (χ3v) is 2.00. The molecule has 1 aliphatic rings. The molecule has 0 saturated heterocycles. The summed E-state index contributed by atoms with van der Waals surface area (Å²) in [6.45, 7) is 8.34. The van der Waals surface area contributed by atoms with E-state index >= 15 is 0 Å². The maximum absolute atomic E-state index is 4.23. The van der Waals surface area contributed by atoms with Gasteiger partial charge in [-0.15, -0.1) is 0 Å². The Labute approximate surface area is 85.1 Å². The Morgan fingerprint density at radius 1 is 1.29 bits per heavy atom. The highest BCUT2D eigenvalue weighted by Gasteiger charge is 2.10. The van der Waals surface area contributed by atoms with E-state index in [-0.39, 0.29) is 5.41 Å². The highest BCUT2D eigenvalue weighted by molar-refractivity contribution is 5.45. The highest BCUT2D eigenvalue weighted by Crippen LogP contribution is 2.18. The maximum atomic E-state index is 4.23. The van der Waals surface area contributed by atoms with Gasteiger partial charge in [-0.3, -0.25) is 0 Å². The quantitative estimate of drug-likeness (QED) is 0.661. The van der Waals surface area contributed by atoms with Crippen LogP contribution in [-0.4, -0.2) is 9.97 Å². The number of nitrogens with zero attached hydrogens (tertiary/aromatic N) is 1. The Bertz CT molecular complexity index is 421. The van der Waals surface area contributed by atoms with Crippen LogP contribution in [0.5, 0.6) is 0 Å². The predicted octanol–water partition coefficient (Wildman–Crippen LogP) is 1.59. The second-order valence-electron chi connectivity index (χ2n) is 3.69. The largest absolute Gasteiger partial charge is 0.345 e. The highest BCUT2D eigenvalue weighted by atomic mass is 14.9. The van der Waals surface area contributed by atoms with Crippen LogP contribution in [0.25, 0.3) is 12.2 Å². The number of aromatic nitrogens is 2. The van der Waals surface area contributed by atoms with Crippen molar-refractivity contribution in [1.82, 2.24) is 9.97 Å². The lowest BCUT2D eigenvalue weighted by Gasteiger charge is -2.11. The summed E-state index contributed by atoms with van der Waals surface area (Å²) in [5.74, 6) is 0. The van der Waals surface area contributed by atoms with E-state index < -0.39 is 0 Å². The number of rotatable bonds is 0. The van der Waals surface area contributed by atoms with Crippen LogP contribution in [0.3, 0.4) is 0 Å². The summed E-state index contributed by atoms with van der Waals surface area (Å²) in [5.41, 5.74) is 0.108. The maximum Gasteiger partial charge on any atom is 0.0931 e. The van der Waals surface area contributed by atoms with E-state index in [4.69, 9.17) is 0 Å². The lowest BCUT2D eigenvalue weighted by Crippen LogP contribution is -2.25. The van der Waals surface area contributed by atoms with Crippen LogP contribution in [0.4, 0.5) is 0 Å². The minimum Gasteiger partial charge on any atom is -0.345 e. The summed E-state index contributed by atoms with van der Waals surface area (Å²) in [6, 6.07) is 0. The summed E-state index contributed by atoms with van der Waals surface area (Å²) in [7, 11) is 0. The molecule has 0 unspecified atom stereocenters. The number of allylic oxidation sites excluding steroid dienone is 2. The van der Waals surface area contributed by atoms with Gasteiger partial charge in [0.15, 0.2) is 0 Å². The van der Waals surface area contributed by atoms with Gasteiger partial charge in [0.25, 0.3) is 0 Å². The first-order valence-corrected chi connectivity index (χ1v) is 5.09. The van der Waals surface area contributed by atoms with E-state index in [0.29, 0.717) is 0 Å². The van der Waals surface area contributed by atoms with Crippen molar-refractivity contribution in [3.8, 4) is 0 Å². The molecule has 0 amide bonds. The molecule has 0 radical (unpaired) electrons. The summed E-state index contributed by atoms with van der Waals surface area (Å²) in [4.78, 5) is 7.32. The van der Waals surface area contributed by atoms with Crippen molar-refractivity contribution in [3.05, 3.63) is 29.2 Å². The van der Waals surface area contributed by atoms with Gasteiger partial charge < -0.3 is 4.98 Å². The minimum absolute atomic E-state index is 0.108. The molecule has 0 saturated carbocycles. The number of fused-ring (bicyclic) bond motifs is 1. The fourth-order valence-corrected chi connectivity index (χ4v) is 1.36. The first-order valence-electron chi connectivity index (χ1n) is 5.09. The van der Waals surface area contributed by atoms with Gasteiger partial charge in [0.1, 0.15) is 0 Å². The van der Waals surface area contributed by atoms with Crippen molar-refractivity contribution in [2.75, 3.05) is 0 Å². The zero-order valence-electron chi connectivity index (χ0n) is 9.33. The lowest BCUT2D eigenvalue weighted by atomic mass is 9.93. The second-order valence-corrected chi connectivity index (χ2v) is 3.69. The van der Waals surface area contributed by atoms with Crippen molar-refractivity contribution >= 4 is 12.2 Å². The molecule has 14 heavy (non-hydrogen) atoms. The zero-order chi connectivity index (χ0) is 10.6. The molecular formula is C12H18N2. The van der Waals surface area contributed by atoms with E-state index in [9.17, 15) is 0 Å². The zero-order valence-corrected chi connectivity index (χ0v) is 9.33. The predicted molar refractivity (Wildman–Crippen MR) is 61.0 cm³/mol. The molecule has 1 N–H and O–H groups in total. The molecule has 1 aliphatic carbocycles. The third-order valence-electron chi connectivity index (χ3n) is 2.00. The number of aromatic amines is 1. The molecular weight excluding hydrogens is 172 g/mol. The van der Waals surface area contributed by atoms with Gasteiger partial charge in [-0.25, -0.2) is 4.98 Å². The van der Waals surface area contributed by atoms with Crippen molar-refractivity contribution in [3.63, 3.8) is 0 Å². The van der Waals surface area contributed by atoms with E-state index in [2.05, 4.69) is 42.0 Å². The minimum atomic E-state index is 0.108. The number of nitrogens with one attached hydrogen (secondary N) is 1. The van der Waals surface area contributed by atoms with Gasteiger partial charge in [0.2, 0.25) is 0 Å². The van der Waals surface area contributed by atoms with E-state index in [1.165, 1.54) is 0 Å². The Kier molecular flexibility index (Phi) is 3.28. The van der Waals surface area contributed by atoms with E-state index in [1.807, 2.05) is 19.9 Å². The summed E-state index contributed by atoms with van der Waals surface area (Å²) in [6.07, 6.45) is 10.2. The number of hydrogen-bond acceptors (Lipinski definition) is 1. The molecule has 2 nitrogen and oxygen atoms in total. The Morgan fingerprint density at radius 2 is 2.00 bits per heavy atom. The average molecular weight is 190 g/mol. The van der Waals surface area contributed by atoms with Gasteiger partial charge in [-0.1, -0.05) is 39.8 Å². The second kappa shape index (κ2) is 4.27. The number of imidazole rings is 1. The SMILES string of the molecule is CC.CC1(C)C=CC=c2[nH]cnc2=C1. The lowest BCUT2D eigenvalue weighted by molar-refractivity contribution is 0.669.